The summed E-state index contributed by atoms with van der Waals surface area (Å²) in [5, 5.41) is 2.98. The van der Waals surface area contributed by atoms with Crippen LogP contribution in [0.1, 0.15) is 39.2 Å². The predicted molar refractivity (Wildman–Crippen MR) is 75.3 cm³/mol. The molecule has 0 aliphatic heterocycles. The third-order valence-electron chi connectivity index (χ3n) is 3.31. The first kappa shape index (κ1) is 14.7. The van der Waals surface area contributed by atoms with Crippen molar-refractivity contribution >= 4 is 5.91 Å². The lowest BCUT2D eigenvalue weighted by atomic mass is 9.96. The summed E-state index contributed by atoms with van der Waals surface area (Å²) in [5.41, 5.74) is 6.75. The fourth-order valence-corrected chi connectivity index (χ4v) is 1.63. The van der Waals surface area contributed by atoms with Gasteiger partial charge >= 0.3 is 0 Å². The third kappa shape index (κ3) is 4.88. The molecule has 0 aliphatic carbocycles. The van der Waals surface area contributed by atoms with Crippen molar-refractivity contribution in [3.05, 3.63) is 35.9 Å². The number of carbonyl (C=O) groups is 1. The molecule has 0 aromatic heterocycles. The minimum absolute atomic E-state index is 0.0597. The molecular formula is C15H24N2O. The van der Waals surface area contributed by atoms with E-state index in [1.54, 1.807) is 0 Å². The Kier molecular flexibility index (Phi) is 5.35. The number of carbonyl (C=O) groups excluding carboxylic acids is 1. The van der Waals surface area contributed by atoms with Gasteiger partial charge in [0.05, 0.1) is 0 Å². The average Bonchev–Trinajstić information content (AvgIpc) is 2.29. The van der Waals surface area contributed by atoms with E-state index in [1.807, 2.05) is 39.0 Å². The Morgan fingerprint density at radius 1 is 1.33 bits per heavy atom. The molecule has 1 aromatic carbocycles. The summed E-state index contributed by atoms with van der Waals surface area (Å²) >= 11 is 0. The highest BCUT2D eigenvalue weighted by Crippen LogP contribution is 2.08. The van der Waals surface area contributed by atoms with E-state index in [0.29, 0.717) is 6.42 Å². The van der Waals surface area contributed by atoms with Gasteiger partial charge in [-0.15, -0.1) is 0 Å². The monoisotopic (exact) mass is 248 g/mol. The Balaban J connectivity index is 2.30. The molecule has 0 fully saturated rings. The van der Waals surface area contributed by atoms with Gasteiger partial charge < -0.3 is 11.1 Å². The van der Waals surface area contributed by atoms with Gasteiger partial charge in [0.25, 0.3) is 0 Å². The lowest BCUT2D eigenvalue weighted by molar-refractivity contribution is -0.122. The molecule has 0 bridgehead atoms. The Morgan fingerprint density at radius 2 is 1.94 bits per heavy atom. The molecule has 1 rings (SSSR count). The number of nitrogens with one attached hydrogen (secondary N) is 1. The van der Waals surface area contributed by atoms with E-state index in [9.17, 15) is 4.79 Å². The molecule has 1 atom stereocenters. The quantitative estimate of drug-likeness (QED) is 0.811. The van der Waals surface area contributed by atoms with Crippen LogP contribution in [0.15, 0.2) is 30.3 Å². The van der Waals surface area contributed by atoms with Crippen LogP contribution in [0.25, 0.3) is 0 Å². The van der Waals surface area contributed by atoms with Crippen LogP contribution in [0.3, 0.4) is 0 Å². The molecule has 0 saturated heterocycles. The van der Waals surface area contributed by atoms with Crippen LogP contribution in [0, 0.1) is 0 Å². The molecule has 0 heterocycles. The van der Waals surface area contributed by atoms with E-state index >= 15 is 0 Å². The number of nitrogens with two attached hydrogens (primary N) is 1. The van der Waals surface area contributed by atoms with E-state index in [0.717, 1.165) is 12.8 Å². The van der Waals surface area contributed by atoms with Crippen molar-refractivity contribution in [2.45, 2.75) is 51.6 Å². The number of benzene rings is 1. The second-order valence-electron chi connectivity index (χ2n) is 5.40. The van der Waals surface area contributed by atoms with Gasteiger partial charge in [-0.1, -0.05) is 30.3 Å². The van der Waals surface area contributed by atoms with Crippen molar-refractivity contribution in [3.8, 4) is 0 Å². The van der Waals surface area contributed by atoms with Gasteiger partial charge in [-0.2, -0.15) is 0 Å². The van der Waals surface area contributed by atoms with Crippen molar-refractivity contribution in [3.63, 3.8) is 0 Å². The molecule has 18 heavy (non-hydrogen) atoms. The molecule has 3 nitrogen and oxygen atoms in total. The van der Waals surface area contributed by atoms with Crippen molar-refractivity contribution in [1.82, 2.24) is 5.32 Å². The highest BCUT2D eigenvalue weighted by molar-refractivity contribution is 5.76. The summed E-state index contributed by atoms with van der Waals surface area (Å²) in [6.07, 6.45) is 2.35. The van der Waals surface area contributed by atoms with Crippen LogP contribution in [-0.4, -0.2) is 17.5 Å². The Labute approximate surface area is 110 Å². The van der Waals surface area contributed by atoms with Gasteiger partial charge in [-0.05, 0) is 39.2 Å². The Hall–Kier alpha value is -1.35. The predicted octanol–water partition coefficient (Wildman–Crippen LogP) is 2.25. The molecule has 0 radical (unpaired) electrons. The maximum Gasteiger partial charge on any atom is 0.220 e. The molecule has 100 valence electrons. The maximum atomic E-state index is 11.8. The van der Waals surface area contributed by atoms with Gasteiger partial charge in [0.2, 0.25) is 5.91 Å². The molecule has 3 heteroatoms. The van der Waals surface area contributed by atoms with Gasteiger partial charge in [0.1, 0.15) is 0 Å². The normalized spacial score (nSPS) is 13.1. The highest BCUT2D eigenvalue weighted by atomic mass is 16.1. The van der Waals surface area contributed by atoms with Crippen LogP contribution in [0.4, 0.5) is 0 Å². The second kappa shape index (κ2) is 6.55. The molecule has 3 N–H and O–H groups in total. The van der Waals surface area contributed by atoms with Crippen LogP contribution in [0.5, 0.6) is 0 Å². The van der Waals surface area contributed by atoms with Crippen LogP contribution < -0.4 is 11.1 Å². The summed E-state index contributed by atoms with van der Waals surface area (Å²) in [4.78, 5) is 11.8. The zero-order valence-corrected chi connectivity index (χ0v) is 11.6. The number of amides is 1. The minimum atomic E-state index is -0.343. The lowest BCUT2D eigenvalue weighted by Crippen LogP contribution is -2.54. The van der Waals surface area contributed by atoms with Gasteiger partial charge in [0, 0.05) is 18.0 Å². The first-order chi connectivity index (χ1) is 8.42. The zero-order chi connectivity index (χ0) is 13.6. The largest absolute Gasteiger partial charge is 0.350 e. The second-order valence-corrected chi connectivity index (χ2v) is 5.40. The fourth-order valence-electron chi connectivity index (χ4n) is 1.63. The lowest BCUT2D eigenvalue weighted by Gasteiger charge is -2.30. The SMILES string of the molecule is CC(N)C(C)(C)NC(=O)CCCc1ccccc1. The molecule has 0 spiro atoms. The first-order valence-electron chi connectivity index (χ1n) is 6.52. The number of hydrogen-bond acceptors (Lipinski definition) is 2. The van der Waals surface area contributed by atoms with Crippen LogP contribution in [0.2, 0.25) is 0 Å². The highest BCUT2D eigenvalue weighted by Gasteiger charge is 2.24. The average molecular weight is 248 g/mol. The van der Waals surface area contributed by atoms with E-state index in [2.05, 4.69) is 17.4 Å². The van der Waals surface area contributed by atoms with Crippen molar-refractivity contribution < 1.29 is 4.79 Å². The Morgan fingerprint density at radius 3 is 2.50 bits per heavy atom. The third-order valence-corrected chi connectivity index (χ3v) is 3.31. The summed E-state index contributed by atoms with van der Waals surface area (Å²) < 4.78 is 0. The molecule has 0 aliphatic rings. The standard InChI is InChI=1S/C15H24N2O/c1-12(16)15(2,3)17-14(18)11-7-10-13-8-5-4-6-9-13/h4-6,8-9,12H,7,10-11,16H2,1-3H3,(H,17,18). The molecule has 0 saturated carbocycles. The van der Waals surface area contributed by atoms with E-state index in [-0.39, 0.29) is 17.5 Å². The minimum Gasteiger partial charge on any atom is -0.350 e. The molecule has 1 amide bonds. The van der Waals surface area contributed by atoms with Gasteiger partial charge in [-0.3, -0.25) is 4.79 Å². The summed E-state index contributed by atoms with van der Waals surface area (Å²) in [6.45, 7) is 5.81. The van der Waals surface area contributed by atoms with E-state index < -0.39 is 0 Å². The zero-order valence-electron chi connectivity index (χ0n) is 11.6. The number of hydrogen-bond donors (Lipinski definition) is 2. The van der Waals surface area contributed by atoms with Crippen molar-refractivity contribution in [2.75, 3.05) is 0 Å². The Bertz CT molecular complexity index is 371. The first-order valence-corrected chi connectivity index (χ1v) is 6.52. The van der Waals surface area contributed by atoms with Crippen molar-refractivity contribution in [2.24, 2.45) is 5.73 Å². The topological polar surface area (TPSA) is 55.1 Å². The van der Waals surface area contributed by atoms with Crippen LogP contribution in [-0.2, 0) is 11.2 Å². The molecule has 1 unspecified atom stereocenters. The summed E-state index contributed by atoms with van der Waals surface area (Å²) in [7, 11) is 0. The van der Waals surface area contributed by atoms with Crippen LogP contribution >= 0.6 is 0 Å². The summed E-state index contributed by atoms with van der Waals surface area (Å²) in [5.74, 6) is 0.0771. The fraction of sp³-hybridized carbons (Fsp3) is 0.533. The number of rotatable bonds is 6. The molecule has 1 aromatic rings. The smallest absolute Gasteiger partial charge is 0.220 e. The van der Waals surface area contributed by atoms with E-state index in [4.69, 9.17) is 5.73 Å². The maximum absolute atomic E-state index is 11.8. The number of aryl methyl sites for hydroxylation is 1. The van der Waals surface area contributed by atoms with Crippen molar-refractivity contribution in [1.29, 1.82) is 0 Å². The van der Waals surface area contributed by atoms with Gasteiger partial charge in [0.15, 0.2) is 0 Å². The van der Waals surface area contributed by atoms with Gasteiger partial charge in [-0.25, -0.2) is 0 Å². The summed E-state index contributed by atoms with van der Waals surface area (Å²) in [6, 6.07) is 10.2. The van der Waals surface area contributed by atoms with E-state index in [1.165, 1.54) is 5.56 Å². The molecular weight excluding hydrogens is 224 g/mol.